The van der Waals surface area contributed by atoms with Gasteiger partial charge in [-0.15, -0.1) is 11.3 Å². The van der Waals surface area contributed by atoms with E-state index in [1.807, 2.05) is 0 Å². The first kappa shape index (κ1) is 18.7. The second kappa shape index (κ2) is 7.49. The van der Waals surface area contributed by atoms with E-state index in [2.05, 4.69) is 9.71 Å². The van der Waals surface area contributed by atoms with Gasteiger partial charge in [0.2, 0.25) is 0 Å². The van der Waals surface area contributed by atoms with Crippen LogP contribution < -0.4 is 15.2 Å². The number of sulfonamides is 1. The van der Waals surface area contributed by atoms with Gasteiger partial charge in [0, 0.05) is 5.38 Å². The molecule has 1 heterocycles. The number of amides is 1. The van der Waals surface area contributed by atoms with E-state index in [4.69, 9.17) is 15.2 Å². The number of thiazole rings is 1. The van der Waals surface area contributed by atoms with E-state index in [1.54, 1.807) is 6.92 Å². The monoisotopic (exact) mass is 385 g/mol. The molecule has 0 aliphatic carbocycles. The first-order valence-electron chi connectivity index (χ1n) is 6.91. The topological polar surface area (TPSA) is 138 Å². The van der Waals surface area contributed by atoms with Crippen molar-refractivity contribution in [1.82, 2.24) is 4.98 Å². The van der Waals surface area contributed by atoms with E-state index in [-0.39, 0.29) is 33.6 Å². The maximum atomic E-state index is 12.4. The van der Waals surface area contributed by atoms with Gasteiger partial charge in [0.1, 0.15) is 5.75 Å². The van der Waals surface area contributed by atoms with Crippen molar-refractivity contribution in [2.45, 2.75) is 11.8 Å². The first-order chi connectivity index (χ1) is 11.8. The lowest BCUT2D eigenvalue weighted by molar-refractivity contribution is 0.0520. The van der Waals surface area contributed by atoms with Crippen molar-refractivity contribution in [1.29, 1.82) is 0 Å². The van der Waals surface area contributed by atoms with Crippen molar-refractivity contribution in [3.63, 3.8) is 0 Å². The van der Waals surface area contributed by atoms with Crippen molar-refractivity contribution in [3.05, 3.63) is 34.8 Å². The average molecular weight is 385 g/mol. The van der Waals surface area contributed by atoms with E-state index in [9.17, 15) is 18.0 Å². The molecule has 11 heteroatoms. The van der Waals surface area contributed by atoms with Crippen molar-refractivity contribution in [2.24, 2.45) is 5.73 Å². The maximum Gasteiger partial charge on any atom is 0.357 e. The third-order valence-electron chi connectivity index (χ3n) is 2.96. The second-order valence-corrected chi connectivity index (χ2v) is 7.13. The molecule has 0 fully saturated rings. The summed E-state index contributed by atoms with van der Waals surface area (Å²) in [5.74, 6) is -1.32. The molecule has 1 amide bonds. The summed E-state index contributed by atoms with van der Waals surface area (Å²) in [5.41, 5.74) is 5.15. The minimum absolute atomic E-state index is 0.00268. The van der Waals surface area contributed by atoms with Crippen LogP contribution in [-0.2, 0) is 14.8 Å². The van der Waals surface area contributed by atoms with E-state index >= 15 is 0 Å². The number of nitrogens with one attached hydrogen (secondary N) is 1. The molecular weight excluding hydrogens is 370 g/mol. The molecule has 0 aliphatic rings. The fourth-order valence-electron chi connectivity index (χ4n) is 1.84. The number of carbonyl (C=O) groups excluding carboxylic acids is 2. The summed E-state index contributed by atoms with van der Waals surface area (Å²) >= 11 is 0.925. The van der Waals surface area contributed by atoms with Crippen LogP contribution in [0.25, 0.3) is 0 Å². The summed E-state index contributed by atoms with van der Waals surface area (Å²) < 4.78 is 36.8. The van der Waals surface area contributed by atoms with Gasteiger partial charge >= 0.3 is 5.97 Å². The minimum Gasteiger partial charge on any atom is -0.496 e. The van der Waals surface area contributed by atoms with E-state index in [0.29, 0.717) is 0 Å². The third-order valence-corrected chi connectivity index (χ3v) is 5.18. The number of aromatic nitrogens is 1. The van der Waals surface area contributed by atoms with Crippen LogP contribution in [-0.4, -0.2) is 39.0 Å². The van der Waals surface area contributed by atoms with Gasteiger partial charge in [-0.05, 0) is 25.1 Å². The Morgan fingerprint density at radius 2 is 2.08 bits per heavy atom. The molecule has 134 valence electrons. The summed E-state index contributed by atoms with van der Waals surface area (Å²) in [6.07, 6.45) is 0. The Labute approximate surface area is 147 Å². The zero-order chi connectivity index (χ0) is 18.6. The molecule has 2 aromatic rings. The minimum atomic E-state index is -4.04. The largest absolute Gasteiger partial charge is 0.496 e. The lowest BCUT2D eigenvalue weighted by Gasteiger charge is -2.09. The van der Waals surface area contributed by atoms with E-state index in [0.717, 1.165) is 17.4 Å². The smallest absolute Gasteiger partial charge is 0.357 e. The lowest BCUT2D eigenvalue weighted by Crippen LogP contribution is -2.17. The van der Waals surface area contributed by atoms with Crippen LogP contribution in [0.5, 0.6) is 5.75 Å². The Morgan fingerprint density at radius 3 is 2.68 bits per heavy atom. The highest BCUT2D eigenvalue weighted by Gasteiger charge is 2.21. The molecular formula is C14H15N3O6S2. The average Bonchev–Trinajstić information content (AvgIpc) is 3.02. The van der Waals surface area contributed by atoms with Gasteiger partial charge < -0.3 is 15.2 Å². The molecule has 0 radical (unpaired) electrons. The van der Waals surface area contributed by atoms with Gasteiger partial charge in [-0.1, -0.05) is 0 Å². The van der Waals surface area contributed by atoms with Crippen molar-refractivity contribution in [3.8, 4) is 5.75 Å². The number of hydrogen-bond donors (Lipinski definition) is 2. The number of nitrogens with zero attached hydrogens (tertiary/aromatic N) is 1. The number of primary amides is 1. The number of benzene rings is 1. The second-order valence-electron chi connectivity index (χ2n) is 4.59. The molecule has 0 spiro atoms. The highest BCUT2D eigenvalue weighted by molar-refractivity contribution is 7.93. The summed E-state index contributed by atoms with van der Waals surface area (Å²) in [5, 5.41) is 1.36. The zero-order valence-corrected chi connectivity index (χ0v) is 14.9. The summed E-state index contributed by atoms with van der Waals surface area (Å²) in [6, 6.07) is 3.68. The van der Waals surface area contributed by atoms with Crippen LogP contribution in [0.15, 0.2) is 28.5 Å². The van der Waals surface area contributed by atoms with Gasteiger partial charge in [0.05, 0.1) is 24.2 Å². The SMILES string of the molecule is CCOC(=O)c1csc(NS(=O)(=O)c2ccc(OC)c(C(N)=O)c2)n1. The molecule has 0 atom stereocenters. The van der Waals surface area contributed by atoms with Gasteiger partial charge in [0.15, 0.2) is 10.8 Å². The number of anilines is 1. The molecule has 0 unspecified atom stereocenters. The molecule has 1 aromatic carbocycles. The summed E-state index contributed by atoms with van der Waals surface area (Å²) in [4.78, 5) is 26.7. The standard InChI is InChI=1S/C14H15N3O6S2/c1-3-23-13(19)10-7-24-14(16-10)17-25(20,21)8-4-5-11(22-2)9(6-8)12(15)18/h4-7H,3H2,1-2H3,(H2,15,18)(H,16,17). The van der Waals surface area contributed by atoms with Crippen molar-refractivity contribution in [2.75, 3.05) is 18.4 Å². The molecule has 2 rings (SSSR count). The van der Waals surface area contributed by atoms with Crippen molar-refractivity contribution >= 4 is 38.4 Å². The number of nitrogens with two attached hydrogens (primary N) is 1. The molecule has 9 nitrogen and oxygen atoms in total. The van der Waals surface area contributed by atoms with Crippen LogP contribution in [0.4, 0.5) is 5.13 Å². The Balaban J connectivity index is 2.29. The summed E-state index contributed by atoms with van der Waals surface area (Å²) in [6.45, 7) is 1.83. The molecule has 0 bridgehead atoms. The molecule has 0 aliphatic heterocycles. The molecule has 1 aromatic heterocycles. The highest BCUT2D eigenvalue weighted by atomic mass is 32.2. The maximum absolute atomic E-state index is 12.4. The number of esters is 1. The van der Waals surface area contributed by atoms with Gasteiger partial charge in [-0.25, -0.2) is 18.2 Å². The lowest BCUT2D eigenvalue weighted by atomic mass is 10.2. The number of ether oxygens (including phenoxy) is 2. The number of carbonyl (C=O) groups is 2. The van der Waals surface area contributed by atoms with Crippen LogP contribution in [0.1, 0.15) is 27.8 Å². The fraction of sp³-hybridized carbons (Fsp3) is 0.214. The molecule has 25 heavy (non-hydrogen) atoms. The zero-order valence-electron chi connectivity index (χ0n) is 13.3. The number of methoxy groups -OCH3 is 1. The van der Waals surface area contributed by atoms with Crippen LogP contribution in [0, 0.1) is 0 Å². The van der Waals surface area contributed by atoms with Crippen molar-refractivity contribution < 1.29 is 27.5 Å². The van der Waals surface area contributed by atoms with Gasteiger partial charge in [-0.3, -0.25) is 9.52 Å². The molecule has 3 N–H and O–H groups in total. The third kappa shape index (κ3) is 4.25. The van der Waals surface area contributed by atoms with Gasteiger partial charge in [-0.2, -0.15) is 0 Å². The Bertz CT molecular complexity index is 907. The van der Waals surface area contributed by atoms with E-state index in [1.165, 1.54) is 24.6 Å². The van der Waals surface area contributed by atoms with Crippen LogP contribution in [0.3, 0.4) is 0 Å². The first-order valence-corrected chi connectivity index (χ1v) is 9.28. The Hall–Kier alpha value is -2.66. The molecule has 0 saturated heterocycles. The normalized spacial score (nSPS) is 11.0. The van der Waals surface area contributed by atoms with E-state index < -0.39 is 21.9 Å². The predicted molar refractivity (Wildman–Crippen MR) is 90.4 cm³/mol. The molecule has 0 saturated carbocycles. The van der Waals surface area contributed by atoms with Gasteiger partial charge in [0.25, 0.3) is 15.9 Å². The van der Waals surface area contributed by atoms with Crippen LogP contribution >= 0.6 is 11.3 Å². The highest BCUT2D eigenvalue weighted by Crippen LogP contribution is 2.25. The number of rotatable bonds is 7. The Kier molecular flexibility index (Phi) is 5.59. The quantitative estimate of drug-likeness (QED) is 0.684. The van der Waals surface area contributed by atoms with Crippen LogP contribution in [0.2, 0.25) is 0 Å². The Morgan fingerprint density at radius 1 is 1.36 bits per heavy atom. The number of hydrogen-bond acceptors (Lipinski definition) is 8. The predicted octanol–water partition coefficient (Wildman–Crippen LogP) is 1.23. The summed E-state index contributed by atoms with van der Waals surface area (Å²) in [7, 11) is -2.70. The fourth-order valence-corrected chi connectivity index (χ4v) is 3.80.